The van der Waals surface area contributed by atoms with Crippen molar-refractivity contribution >= 4 is 5.91 Å². The van der Waals surface area contributed by atoms with Gasteiger partial charge in [-0.3, -0.25) is 9.69 Å². The van der Waals surface area contributed by atoms with Crippen molar-refractivity contribution in [3.05, 3.63) is 0 Å². The molecule has 0 spiro atoms. The molecule has 1 amide bonds. The van der Waals surface area contributed by atoms with E-state index >= 15 is 0 Å². The van der Waals surface area contributed by atoms with Crippen LogP contribution in [0, 0.1) is 5.92 Å². The Morgan fingerprint density at radius 1 is 1.05 bits per heavy atom. The summed E-state index contributed by atoms with van der Waals surface area (Å²) < 4.78 is 5.40. The summed E-state index contributed by atoms with van der Waals surface area (Å²) in [6.07, 6.45) is 5.44. The number of carbonyl (C=O) groups is 1. The third-order valence-corrected chi connectivity index (χ3v) is 5.17. The molecule has 3 aliphatic rings. The highest BCUT2D eigenvalue weighted by atomic mass is 16.5. The summed E-state index contributed by atoms with van der Waals surface area (Å²) in [7, 11) is 0. The number of morpholine rings is 1. The van der Waals surface area contributed by atoms with Crippen molar-refractivity contribution in [2.24, 2.45) is 11.7 Å². The highest BCUT2D eigenvalue weighted by Crippen LogP contribution is 2.27. The minimum absolute atomic E-state index is 0.0761. The number of hydrogen-bond donors (Lipinski definition) is 1. The van der Waals surface area contributed by atoms with Gasteiger partial charge in [0.05, 0.1) is 19.1 Å². The van der Waals surface area contributed by atoms with Crippen molar-refractivity contribution in [3.8, 4) is 0 Å². The van der Waals surface area contributed by atoms with E-state index in [-0.39, 0.29) is 12.0 Å². The van der Waals surface area contributed by atoms with Crippen molar-refractivity contribution in [3.63, 3.8) is 0 Å². The van der Waals surface area contributed by atoms with E-state index in [1.807, 2.05) is 0 Å². The number of amides is 1. The molecule has 1 saturated carbocycles. The van der Waals surface area contributed by atoms with Crippen LogP contribution in [-0.4, -0.2) is 67.2 Å². The van der Waals surface area contributed by atoms with E-state index in [2.05, 4.69) is 9.80 Å². The fourth-order valence-electron chi connectivity index (χ4n) is 3.88. The maximum absolute atomic E-state index is 12.6. The van der Waals surface area contributed by atoms with Crippen LogP contribution in [0.5, 0.6) is 0 Å². The van der Waals surface area contributed by atoms with Crippen LogP contribution in [0.4, 0.5) is 0 Å². The van der Waals surface area contributed by atoms with Crippen LogP contribution in [0.15, 0.2) is 0 Å². The Labute approximate surface area is 121 Å². The van der Waals surface area contributed by atoms with Crippen LogP contribution in [0.25, 0.3) is 0 Å². The average Bonchev–Trinajstić information content (AvgIpc) is 2.98. The Hall–Kier alpha value is -0.650. The van der Waals surface area contributed by atoms with Gasteiger partial charge in [-0.15, -0.1) is 0 Å². The Kier molecular flexibility index (Phi) is 4.58. The minimum Gasteiger partial charge on any atom is -0.379 e. The van der Waals surface area contributed by atoms with E-state index < -0.39 is 0 Å². The quantitative estimate of drug-likeness (QED) is 0.798. The van der Waals surface area contributed by atoms with Crippen molar-refractivity contribution < 1.29 is 9.53 Å². The number of rotatable bonds is 2. The van der Waals surface area contributed by atoms with Crippen LogP contribution in [-0.2, 0) is 9.53 Å². The molecule has 114 valence electrons. The summed E-state index contributed by atoms with van der Waals surface area (Å²) in [4.78, 5) is 17.2. The lowest BCUT2D eigenvalue weighted by Gasteiger charge is -2.33. The van der Waals surface area contributed by atoms with Gasteiger partial charge >= 0.3 is 0 Å². The summed E-state index contributed by atoms with van der Waals surface area (Å²) >= 11 is 0. The SMILES string of the molecule is NC1CCCCC1C(=O)N1CCC(N2CCOCC2)C1. The molecule has 0 aromatic carbocycles. The average molecular weight is 281 g/mol. The topological polar surface area (TPSA) is 58.8 Å². The predicted octanol–water partition coefficient (Wildman–Crippen LogP) is 0.437. The standard InChI is InChI=1S/C15H27N3O2/c16-14-4-2-1-3-13(14)15(19)18-6-5-12(11-18)17-7-9-20-10-8-17/h12-14H,1-11,16H2. The number of likely N-dealkylation sites (tertiary alicyclic amines) is 1. The predicted molar refractivity (Wildman–Crippen MR) is 77.3 cm³/mol. The summed E-state index contributed by atoms with van der Waals surface area (Å²) in [5, 5.41) is 0. The van der Waals surface area contributed by atoms with E-state index in [1.165, 1.54) is 6.42 Å². The first-order valence-electron chi connectivity index (χ1n) is 8.12. The van der Waals surface area contributed by atoms with E-state index in [4.69, 9.17) is 10.5 Å². The Balaban J connectivity index is 1.54. The van der Waals surface area contributed by atoms with Crippen molar-refractivity contribution in [1.82, 2.24) is 9.80 Å². The molecule has 2 N–H and O–H groups in total. The van der Waals surface area contributed by atoms with Crippen LogP contribution in [0.2, 0.25) is 0 Å². The van der Waals surface area contributed by atoms with Gasteiger partial charge in [0, 0.05) is 38.3 Å². The van der Waals surface area contributed by atoms with Gasteiger partial charge in [-0.1, -0.05) is 12.8 Å². The second-order valence-corrected chi connectivity index (χ2v) is 6.43. The molecular weight excluding hydrogens is 254 g/mol. The third-order valence-electron chi connectivity index (χ3n) is 5.17. The minimum atomic E-state index is 0.0761. The Morgan fingerprint density at radius 3 is 2.55 bits per heavy atom. The molecule has 2 aliphatic heterocycles. The van der Waals surface area contributed by atoms with Crippen molar-refractivity contribution in [2.45, 2.75) is 44.2 Å². The molecule has 20 heavy (non-hydrogen) atoms. The molecule has 2 saturated heterocycles. The van der Waals surface area contributed by atoms with Gasteiger partial charge in [0.15, 0.2) is 0 Å². The largest absolute Gasteiger partial charge is 0.379 e. The van der Waals surface area contributed by atoms with E-state index in [0.29, 0.717) is 11.9 Å². The molecule has 3 fully saturated rings. The Bertz CT molecular complexity index is 344. The van der Waals surface area contributed by atoms with Gasteiger partial charge < -0.3 is 15.4 Å². The number of nitrogens with zero attached hydrogens (tertiary/aromatic N) is 2. The van der Waals surface area contributed by atoms with E-state index in [9.17, 15) is 4.79 Å². The van der Waals surface area contributed by atoms with E-state index in [1.54, 1.807) is 0 Å². The lowest BCUT2D eigenvalue weighted by Crippen LogP contribution is -2.48. The normalized spacial score (nSPS) is 36.2. The lowest BCUT2D eigenvalue weighted by molar-refractivity contribution is -0.136. The molecule has 0 bridgehead atoms. The van der Waals surface area contributed by atoms with Crippen molar-refractivity contribution in [1.29, 1.82) is 0 Å². The molecule has 3 rings (SSSR count). The fourth-order valence-corrected chi connectivity index (χ4v) is 3.88. The van der Waals surface area contributed by atoms with Crippen LogP contribution >= 0.6 is 0 Å². The number of carbonyl (C=O) groups excluding carboxylic acids is 1. The maximum atomic E-state index is 12.6. The molecule has 0 aromatic rings. The van der Waals surface area contributed by atoms with Gasteiger partial charge in [0.2, 0.25) is 5.91 Å². The van der Waals surface area contributed by atoms with Crippen LogP contribution < -0.4 is 5.73 Å². The van der Waals surface area contributed by atoms with Crippen LogP contribution in [0.3, 0.4) is 0 Å². The molecule has 1 aliphatic carbocycles. The molecule has 2 heterocycles. The van der Waals surface area contributed by atoms with Crippen molar-refractivity contribution in [2.75, 3.05) is 39.4 Å². The molecular formula is C15H27N3O2. The summed E-state index contributed by atoms with van der Waals surface area (Å²) in [6, 6.07) is 0.612. The summed E-state index contributed by atoms with van der Waals surface area (Å²) in [5.41, 5.74) is 6.15. The van der Waals surface area contributed by atoms with Gasteiger partial charge in [-0.25, -0.2) is 0 Å². The number of ether oxygens (including phenoxy) is 1. The van der Waals surface area contributed by atoms with Gasteiger partial charge in [-0.2, -0.15) is 0 Å². The lowest BCUT2D eigenvalue weighted by atomic mass is 9.84. The zero-order valence-electron chi connectivity index (χ0n) is 12.3. The summed E-state index contributed by atoms with van der Waals surface area (Å²) in [5.74, 6) is 0.389. The maximum Gasteiger partial charge on any atom is 0.227 e. The molecule has 5 nitrogen and oxygen atoms in total. The molecule has 3 atom stereocenters. The highest BCUT2D eigenvalue weighted by Gasteiger charge is 2.36. The van der Waals surface area contributed by atoms with Gasteiger partial charge in [0.25, 0.3) is 0 Å². The van der Waals surface area contributed by atoms with E-state index in [0.717, 1.165) is 65.1 Å². The van der Waals surface area contributed by atoms with Crippen LogP contribution in [0.1, 0.15) is 32.1 Å². The molecule has 3 unspecified atom stereocenters. The molecule has 0 aromatic heterocycles. The first-order valence-corrected chi connectivity index (χ1v) is 8.12. The monoisotopic (exact) mass is 281 g/mol. The zero-order valence-corrected chi connectivity index (χ0v) is 12.3. The third kappa shape index (κ3) is 3.00. The highest BCUT2D eigenvalue weighted by molar-refractivity contribution is 5.80. The second kappa shape index (κ2) is 6.41. The van der Waals surface area contributed by atoms with Gasteiger partial charge in [0.1, 0.15) is 0 Å². The molecule has 5 heteroatoms. The first kappa shape index (κ1) is 14.3. The second-order valence-electron chi connectivity index (χ2n) is 6.43. The fraction of sp³-hybridized carbons (Fsp3) is 0.933. The molecule has 0 radical (unpaired) electrons. The zero-order chi connectivity index (χ0) is 13.9. The van der Waals surface area contributed by atoms with Gasteiger partial charge in [-0.05, 0) is 19.3 Å². The Morgan fingerprint density at radius 2 is 1.80 bits per heavy atom. The first-order chi connectivity index (χ1) is 9.75. The number of hydrogen-bond acceptors (Lipinski definition) is 4. The number of nitrogens with two attached hydrogens (primary N) is 1. The smallest absolute Gasteiger partial charge is 0.227 e. The summed E-state index contributed by atoms with van der Waals surface area (Å²) in [6.45, 7) is 5.48.